The molecule has 5 rings (SSSR count). The summed E-state index contributed by atoms with van der Waals surface area (Å²) >= 11 is 3.45. The largest absolute Gasteiger partial charge is 0.493 e. The quantitative estimate of drug-likeness (QED) is 0.173. The lowest BCUT2D eigenvalue weighted by Gasteiger charge is -2.29. The summed E-state index contributed by atoms with van der Waals surface area (Å²) in [6.45, 7) is 7.71. The van der Waals surface area contributed by atoms with Crippen LogP contribution in [0.5, 0.6) is 11.5 Å². The normalized spacial score (nSPS) is 18.1. The van der Waals surface area contributed by atoms with E-state index in [2.05, 4.69) is 51.7 Å². The van der Waals surface area contributed by atoms with Gasteiger partial charge >= 0.3 is 6.09 Å². The maximum atomic E-state index is 14.0. The van der Waals surface area contributed by atoms with E-state index in [4.69, 9.17) is 18.9 Å². The molecular formula is C32H38BrN3O6. The van der Waals surface area contributed by atoms with Crippen molar-refractivity contribution < 1.29 is 28.5 Å². The Bertz CT molecular complexity index is 1310. The number of alkyl halides is 1. The second kappa shape index (κ2) is 14.1. The number of carbonyl (C=O) groups excluding carboxylic acids is 2. The Morgan fingerprint density at radius 1 is 1.12 bits per heavy atom. The molecule has 0 N–H and O–H groups in total. The van der Waals surface area contributed by atoms with Crippen molar-refractivity contribution in [3.05, 3.63) is 66.4 Å². The van der Waals surface area contributed by atoms with Crippen molar-refractivity contribution >= 4 is 44.9 Å². The van der Waals surface area contributed by atoms with Gasteiger partial charge in [0.25, 0.3) is 5.91 Å². The van der Waals surface area contributed by atoms with E-state index in [-0.39, 0.29) is 25.1 Å². The van der Waals surface area contributed by atoms with E-state index < -0.39 is 6.09 Å². The number of morpholine rings is 1. The van der Waals surface area contributed by atoms with Gasteiger partial charge in [-0.05, 0) is 55.0 Å². The first-order valence-electron chi connectivity index (χ1n) is 14.5. The van der Waals surface area contributed by atoms with Crippen molar-refractivity contribution in [2.45, 2.75) is 31.7 Å². The number of amides is 2. The molecule has 0 saturated carbocycles. The molecule has 224 valence electrons. The number of hydrogen-bond acceptors (Lipinski definition) is 7. The molecule has 0 aromatic heterocycles. The number of ether oxygens (including phenoxy) is 4. The zero-order valence-corrected chi connectivity index (χ0v) is 25.6. The van der Waals surface area contributed by atoms with E-state index in [0.717, 1.165) is 67.7 Å². The fourth-order valence-corrected chi connectivity index (χ4v) is 5.95. The number of hydrogen-bond donors (Lipinski definition) is 0. The first kappa shape index (κ1) is 30.0. The third kappa shape index (κ3) is 6.60. The van der Waals surface area contributed by atoms with E-state index in [9.17, 15) is 9.59 Å². The molecule has 3 aliphatic rings. The number of anilines is 2. The maximum absolute atomic E-state index is 14.0. The maximum Gasteiger partial charge on any atom is 0.414 e. The minimum absolute atomic E-state index is 0.0685. The van der Waals surface area contributed by atoms with Crippen LogP contribution in [0, 0.1) is 0 Å². The van der Waals surface area contributed by atoms with Gasteiger partial charge in [0.15, 0.2) is 11.5 Å². The van der Waals surface area contributed by atoms with Gasteiger partial charge in [-0.25, -0.2) is 4.79 Å². The number of unbranched alkanes of at least 4 members (excludes halogenated alkanes) is 2. The summed E-state index contributed by atoms with van der Waals surface area (Å²) in [5, 5.41) is 0.951. The fourth-order valence-electron chi connectivity index (χ4n) is 5.56. The van der Waals surface area contributed by atoms with Crippen LogP contribution in [0.2, 0.25) is 0 Å². The molecule has 42 heavy (non-hydrogen) atoms. The monoisotopic (exact) mass is 639 g/mol. The molecule has 0 spiro atoms. The number of carbonyl (C=O) groups is 2. The average molecular weight is 641 g/mol. The van der Waals surface area contributed by atoms with Crippen molar-refractivity contribution in [2.24, 2.45) is 0 Å². The summed E-state index contributed by atoms with van der Waals surface area (Å²) in [5.41, 5.74) is 4.06. The van der Waals surface area contributed by atoms with Crippen LogP contribution < -0.4 is 19.3 Å². The van der Waals surface area contributed by atoms with E-state index in [1.54, 1.807) is 24.1 Å². The van der Waals surface area contributed by atoms with Gasteiger partial charge in [-0.3, -0.25) is 9.69 Å². The fraction of sp³-hybridized carbons (Fsp3) is 0.438. The van der Waals surface area contributed by atoms with Gasteiger partial charge in [0.1, 0.15) is 6.61 Å². The summed E-state index contributed by atoms with van der Waals surface area (Å²) in [4.78, 5) is 32.9. The third-order valence-electron chi connectivity index (χ3n) is 7.77. The SMILES string of the molecule is C=CCOC(=O)N1C[C@@H]2CC(c3ccc(N4CCOCC4)cc3)=CN2C(=O)c2cc(OC)c(OCCCCCBr)cc21. The summed E-state index contributed by atoms with van der Waals surface area (Å²) in [6.07, 6.45) is 6.48. The minimum atomic E-state index is -0.539. The number of methoxy groups -OCH3 is 1. The molecule has 2 aromatic carbocycles. The van der Waals surface area contributed by atoms with Crippen LogP contribution in [0.25, 0.3) is 5.57 Å². The van der Waals surface area contributed by atoms with Crippen molar-refractivity contribution in [2.75, 3.05) is 68.3 Å². The van der Waals surface area contributed by atoms with Crippen molar-refractivity contribution in [3.8, 4) is 11.5 Å². The van der Waals surface area contributed by atoms with Crippen molar-refractivity contribution in [1.29, 1.82) is 0 Å². The Kier molecular flexibility index (Phi) is 10.1. The third-order valence-corrected chi connectivity index (χ3v) is 8.33. The van der Waals surface area contributed by atoms with Crippen molar-refractivity contribution in [3.63, 3.8) is 0 Å². The number of nitrogens with zero attached hydrogens (tertiary/aromatic N) is 3. The first-order chi connectivity index (χ1) is 20.5. The molecule has 0 bridgehead atoms. The Labute approximate surface area is 255 Å². The number of rotatable bonds is 11. The van der Waals surface area contributed by atoms with Crippen LogP contribution in [0.1, 0.15) is 41.6 Å². The summed E-state index contributed by atoms with van der Waals surface area (Å²) in [6, 6.07) is 11.6. The van der Waals surface area contributed by atoms with Gasteiger partial charge in [-0.2, -0.15) is 0 Å². The molecule has 3 heterocycles. The zero-order chi connectivity index (χ0) is 29.5. The van der Waals surface area contributed by atoms with Gasteiger partial charge in [0.2, 0.25) is 0 Å². The zero-order valence-electron chi connectivity index (χ0n) is 24.1. The Morgan fingerprint density at radius 2 is 1.90 bits per heavy atom. The molecular weight excluding hydrogens is 602 g/mol. The Morgan fingerprint density at radius 3 is 2.62 bits per heavy atom. The molecule has 1 fully saturated rings. The van der Waals surface area contributed by atoms with Crippen LogP contribution in [-0.4, -0.2) is 81.4 Å². The van der Waals surface area contributed by atoms with E-state index >= 15 is 0 Å². The lowest BCUT2D eigenvalue weighted by atomic mass is 10.0. The molecule has 3 aliphatic heterocycles. The van der Waals surface area contributed by atoms with E-state index in [0.29, 0.717) is 35.8 Å². The van der Waals surface area contributed by atoms with Gasteiger partial charge in [0, 0.05) is 36.4 Å². The number of fused-ring (bicyclic) bond motifs is 2. The van der Waals surface area contributed by atoms with Crippen LogP contribution in [0.4, 0.5) is 16.2 Å². The highest BCUT2D eigenvalue weighted by atomic mass is 79.9. The molecule has 9 nitrogen and oxygen atoms in total. The van der Waals surface area contributed by atoms with Crippen LogP contribution >= 0.6 is 15.9 Å². The first-order valence-corrected chi connectivity index (χ1v) is 15.6. The second-order valence-corrected chi connectivity index (χ2v) is 11.3. The highest BCUT2D eigenvalue weighted by Crippen LogP contribution is 2.41. The summed E-state index contributed by atoms with van der Waals surface area (Å²) in [7, 11) is 1.55. The van der Waals surface area contributed by atoms with Gasteiger partial charge in [-0.15, -0.1) is 0 Å². The van der Waals surface area contributed by atoms with Crippen LogP contribution in [0.15, 0.2) is 55.3 Å². The Hall–Kier alpha value is -3.50. The number of halogens is 1. The summed E-state index contributed by atoms with van der Waals surface area (Å²) < 4.78 is 22.6. The Balaban J connectivity index is 1.43. The topological polar surface area (TPSA) is 80.8 Å². The molecule has 1 atom stereocenters. The highest BCUT2D eigenvalue weighted by molar-refractivity contribution is 9.09. The molecule has 1 saturated heterocycles. The van der Waals surface area contributed by atoms with Gasteiger partial charge in [-0.1, -0.05) is 40.7 Å². The smallest absolute Gasteiger partial charge is 0.414 e. The number of benzene rings is 2. The average Bonchev–Trinajstić information content (AvgIpc) is 3.42. The highest BCUT2D eigenvalue weighted by Gasteiger charge is 2.40. The second-order valence-electron chi connectivity index (χ2n) is 10.5. The molecule has 10 heteroatoms. The van der Waals surface area contributed by atoms with Gasteiger partial charge in [0.05, 0.1) is 50.8 Å². The predicted molar refractivity (Wildman–Crippen MR) is 167 cm³/mol. The molecule has 2 amide bonds. The van der Waals surface area contributed by atoms with Gasteiger partial charge < -0.3 is 28.7 Å². The predicted octanol–water partition coefficient (Wildman–Crippen LogP) is 5.87. The van der Waals surface area contributed by atoms with Crippen LogP contribution in [-0.2, 0) is 9.47 Å². The molecule has 2 aromatic rings. The van der Waals surface area contributed by atoms with Crippen molar-refractivity contribution in [1.82, 2.24) is 4.90 Å². The summed E-state index contributed by atoms with van der Waals surface area (Å²) in [5.74, 6) is 0.738. The van der Waals surface area contributed by atoms with E-state index in [1.165, 1.54) is 11.0 Å². The lowest BCUT2D eigenvalue weighted by Crippen LogP contribution is -2.41. The molecule has 0 radical (unpaired) electrons. The van der Waals surface area contributed by atoms with Crippen LogP contribution in [0.3, 0.4) is 0 Å². The standard InChI is InChI=1S/C32H38BrN3O6/c1-3-14-42-32(38)36-22-26-18-24(23-7-9-25(10-8-23)34-12-16-40-17-13-34)21-35(26)31(37)27-19-29(39-2)30(20-28(27)36)41-15-6-4-5-11-33/h3,7-10,19-21,26H,1,4-6,11-18,22H2,2H3/t26-/m0/s1. The lowest BCUT2D eigenvalue weighted by molar-refractivity contribution is 0.0793. The molecule has 0 aliphatic carbocycles. The minimum Gasteiger partial charge on any atom is -0.493 e. The van der Waals surface area contributed by atoms with E-state index in [1.807, 2.05) is 6.20 Å². The molecule has 0 unspecified atom stereocenters.